The minimum atomic E-state index is -4.72. The third-order valence-electron chi connectivity index (χ3n) is 2.02. The van der Waals surface area contributed by atoms with Crippen LogP contribution in [0.1, 0.15) is 20.8 Å². The van der Waals surface area contributed by atoms with Crippen LogP contribution in [0.2, 0.25) is 0 Å². The fourth-order valence-corrected chi connectivity index (χ4v) is 1.72. The summed E-state index contributed by atoms with van der Waals surface area (Å²) in [5.74, 6) is 0.125. The number of ether oxygens (including phenoxy) is 3. The highest BCUT2D eigenvalue weighted by molar-refractivity contribution is 9.10. The Morgan fingerprint density at radius 1 is 1.10 bits per heavy atom. The molecule has 0 heterocycles. The number of hydrogen-bond acceptors (Lipinski definition) is 3. The number of rotatable bonds is 5. The number of benzene rings is 1. The van der Waals surface area contributed by atoms with Gasteiger partial charge in [-0.05, 0) is 54.9 Å². The smallest absolute Gasteiger partial charge is 0.491 e. The van der Waals surface area contributed by atoms with Crippen molar-refractivity contribution < 1.29 is 27.4 Å². The van der Waals surface area contributed by atoms with Crippen LogP contribution in [-0.4, -0.2) is 25.2 Å². The Balaban J connectivity index is 2.51. The van der Waals surface area contributed by atoms with E-state index in [1.54, 1.807) is 0 Å². The summed E-state index contributed by atoms with van der Waals surface area (Å²) in [6.45, 7) is 6.47. The summed E-state index contributed by atoms with van der Waals surface area (Å²) in [4.78, 5) is 0. The van der Waals surface area contributed by atoms with E-state index in [-0.39, 0.29) is 15.8 Å². The molecule has 0 fully saturated rings. The molecule has 0 aromatic heterocycles. The molecule has 0 unspecified atom stereocenters. The molecule has 0 spiro atoms. The van der Waals surface area contributed by atoms with E-state index in [1.807, 2.05) is 20.8 Å². The summed E-state index contributed by atoms with van der Waals surface area (Å²) in [6.07, 6.45) is -4.72. The molecule has 0 bridgehead atoms. The van der Waals surface area contributed by atoms with Gasteiger partial charge in [0.25, 0.3) is 0 Å². The molecule has 1 rings (SSSR count). The molecular weight excluding hydrogens is 341 g/mol. The van der Waals surface area contributed by atoms with Gasteiger partial charge in [-0.2, -0.15) is 0 Å². The lowest BCUT2D eigenvalue weighted by atomic mass is 10.2. The molecule has 0 atom stereocenters. The summed E-state index contributed by atoms with van der Waals surface area (Å²) in [7, 11) is 0. The second kappa shape index (κ2) is 6.67. The van der Waals surface area contributed by atoms with Crippen molar-refractivity contribution in [2.75, 3.05) is 13.2 Å². The van der Waals surface area contributed by atoms with E-state index in [9.17, 15) is 13.2 Å². The lowest BCUT2D eigenvalue weighted by Gasteiger charge is -2.19. The second-order valence-electron chi connectivity index (χ2n) is 4.95. The summed E-state index contributed by atoms with van der Waals surface area (Å²) in [5, 5.41) is 0. The normalized spacial score (nSPS) is 12.3. The number of hydrogen-bond donors (Lipinski definition) is 0. The van der Waals surface area contributed by atoms with Gasteiger partial charge in [-0.3, -0.25) is 0 Å². The highest BCUT2D eigenvalue weighted by Crippen LogP contribution is 2.33. The molecule has 1 aromatic carbocycles. The minimum absolute atomic E-state index is 0.170. The Kier molecular flexibility index (Phi) is 5.70. The van der Waals surface area contributed by atoms with Crippen molar-refractivity contribution >= 4 is 15.9 Å². The predicted octanol–water partition coefficient (Wildman–Crippen LogP) is 4.54. The first-order valence-electron chi connectivity index (χ1n) is 5.89. The highest BCUT2D eigenvalue weighted by Gasteiger charge is 2.31. The molecule has 0 aliphatic heterocycles. The van der Waals surface area contributed by atoms with Gasteiger partial charge in [-0.25, -0.2) is 0 Å². The van der Waals surface area contributed by atoms with Crippen LogP contribution in [0.4, 0.5) is 13.2 Å². The first kappa shape index (κ1) is 17.1. The first-order chi connectivity index (χ1) is 9.07. The molecule has 0 aliphatic rings. The molecule has 0 saturated carbocycles. The van der Waals surface area contributed by atoms with Crippen LogP contribution in [0.3, 0.4) is 0 Å². The van der Waals surface area contributed by atoms with Crippen molar-refractivity contribution in [3.05, 3.63) is 22.7 Å². The lowest BCUT2D eigenvalue weighted by molar-refractivity contribution is -0.274. The predicted molar refractivity (Wildman–Crippen MR) is 72.0 cm³/mol. The SMILES string of the molecule is CC(C)(C)OCCOc1ccc(OC(F)(F)F)c(Br)c1. The molecule has 0 amide bonds. The van der Waals surface area contributed by atoms with Crippen molar-refractivity contribution in [1.29, 1.82) is 0 Å². The van der Waals surface area contributed by atoms with Crippen molar-refractivity contribution in [2.24, 2.45) is 0 Å². The van der Waals surface area contributed by atoms with Gasteiger partial charge >= 0.3 is 6.36 Å². The standard InChI is InChI=1S/C13H16BrF3O3/c1-12(2,3)19-7-6-18-9-4-5-11(10(14)8-9)20-13(15,16)17/h4-5,8H,6-7H2,1-3H3. The van der Waals surface area contributed by atoms with Crippen molar-refractivity contribution in [3.8, 4) is 11.5 Å². The van der Waals surface area contributed by atoms with E-state index >= 15 is 0 Å². The Hall–Kier alpha value is -0.950. The Bertz CT molecular complexity index is 441. The van der Waals surface area contributed by atoms with Crippen LogP contribution in [0.25, 0.3) is 0 Å². The molecule has 0 saturated heterocycles. The van der Waals surface area contributed by atoms with Gasteiger partial charge < -0.3 is 14.2 Å². The van der Waals surface area contributed by atoms with E-state index in [0.29, 0.717) is 19.0 Å². The summed E-state index contributed by atoms with van der Waals surface area (Å²) in [5.41, 5.74) is -0.256. The minimum Gasteiger partial charge on any atom is -0.491 e. The van der Waals surface area contributed by atoms with E-state index < -0.39 is 6.36 Å². The summed E-state index contributed by atoms with van der Waals surface area (Å²) < 4.78 is 51.1. The molecule has 1 aromatic rings. The topological polar surface area (TPSA) is 27.7 Å². The van der Waals surface area contributed by atoms with Gasteiger partial charge in [-0.1, -0.05) is 0 Å². The highest BCUT2D eigenvalue weighted by atomic mass is 79.9. The summed E-state index contributed by atoms with van der Waals surface area (Å²) >= 11 is 3.00. The van der Waals surface area contributed by atoms with Gasteiger partial charge in [0.2, 0.25) is 0 Å². The Labute approximate surface area is 124 Å². The molecule has 114 valence electrons. The first-order valence-corrected chi connectivity index (χ1v) is 6.68. The van der Waals surface area contributed by atoms with Crippen molar-refractivity contribution in [2.45, 2.75) is 32.7 Å². The monoisotopic (exact) mass is 356 g/mol. The second-order valence-corrected chi connectivity index (χ2v) is 5.80. The van der Waals surface area contributed by atoms with Gasteiger partial charge in [0.1, 0.15) is 18.1 Å². The molecular formula is C13H16BrF3O3. The maximum atomic E-state index is 12.1. The number of halogens is 4. The maximum absolute atomic E-state index is 12.1. The molecule has 0 radical (unpaired) electrons. The van der Waals surface area contributed by atoms with Crippen molar-refractivity contribution in [3.63, 3.8) is 0 Å². The van der Waals surface area contributed by atoms with E-state index in [1.165, 1.54) is 18.2 Å². The fraction of sp³-hybridized carbons (Fsp3) is 0.538. The van der Waals surface area contributed by atoms with Crippen molar-refractivity contribution in [1.82, 2.24) is 0 Å². The van der Waals surface area contributed by atoms with Gasteiger partial charge in [0, 0.05) is 0 Å². The van der Waals surface area contributed by atoms with Crippen LogP contribution >= 0.6 is 15.9 Å². The average molecular weight is 357 g/mol. The quantitative estimate of drug-likeness (QED) is 0.724. The van der Waals surface area contributed by atoms with E-state index in [4.69, 9.17) is 9.47 Å². The summed E-state index contributed by atoms with van der Waals surface area (Å²) in [6, 6.07) is 4.01. The zero-order chi connectivity index (χ0) is 15.4. The average Bonchev–Trinajstić information content (AvgIpc) is 2.25. The van der Waals surface area contributed by atoms with Crippen LogP contribution in [0.5, 0.6) is 11.5 Å². The van der Waals surface area contributed by atoms with Crippen LogP contribution in [0, 0.1) is 0 Å². The molecule has 20 heavy (non-hydrogen) atoms. The zero-order valence-corrected chi connectivity index (χ0v) is 13.0. The molecule has 7 heteroatoms. The fourth-order valence-electron chi connectivity index (χ4n) is 1.29. The van der Waals surface area contributed by atoms with Gasteiger partial charge in [0.15, 0.2) is 0 Å². The zero-order valence-electron chi connectivity index (χ0n) is 11.4. The Morgan fingerprint density at radius 2 is 1.75 bits per heavy atom. The lowest BCUT2D eigenvalue weighted by Crippen LogP contribution is -2.22. The maximum Gasteiger partial charge on any atom is 0.573 e. The van der Waals surface area contributed by atoms with Gasteiger partial charge in [-0.15, -0.1) is 13.2 Å². The third-order valence-corrected chi connectivity index (χ3v) is 2.64. The molecule has 0 N–H and O–H groups in total. The Morgan fingerprint density at radius 3 is 2.25 bits per heavy atom. The van der Waals surface area contributed by atoms with Gasteiger partial charge in [0.05, 0.1) is 16.7 Å². The van der Waals surface area contributed by atoms with Crippen LogP contribution < -0.4 is 9.47 Å². The molecule has 3 nitrogen and oxygen atoms in total. The van der Waals surface area contributed by atoms with E-state index in [2.05, 4.69) is 20.7 Å². The third kappa shape index (κ3) is 7.00. The largest absolute Gasteiger partial charge is 0.573 e. The van der Waals surface area contributed by atoms with Crippen LogP contribution in [-0.2, 0) is 4.74 Å². The molecule has 0 aliphatic carbocycles. The van der Waals surface area contributed by atoms with E-state index in [0.717, 1.165) is 0 Å². The number of alkyl halides is 3. The van der Waals surface area contributed by atoms with Crippen LogP contribution in [0.15, 0.2) is 22.7 Å².